The fraction of sp³-hybridized carbons (Fsp3) is 0.0556. The lowest BCUT2D eigenvalue weighted by Crippen LogP contribution is -1.94. The van der Waals surface area contributed by atoms with Crippen LogP contribution in [0.15, 0.2) is 60.8 Å². The van der Waals surface area contributed by atoms with Gasteiger partial charge in [-0.1, -0.05) is 30.3 Å². The van der Waals surface area contributed by atoms with Gasteiger partial charge in [-0.3, -0.25) is 4.98 Å². The van der Waals surface area contributed by atoms with Gasteiger partial charge in [0.15, 0.2) is 11.6 Å². The minimum atomic E-state index is -0.866. The SMILES string of the molecule is Cc1ccnc(-c2ccc(F)c(F)c2)c1-c1ccccc1. The van der Waals surface area contributed by atoms with E-state index in [1.807, 2.05) is 43.3 Å². The van der Waals surface area contributed by atoms with E-state index in [-0.39, 0.29) is 0 Å². The zero-order valence-corrected chi connectivity index (χ0v) is 11.5. The molecule has 2 aromatic carbocycles. The summed E-state index contributed by atoms with van der Waals surface area (Å²) in [6, 6.07) is 15.5. The summed E-state index contributed by atoms with van der Waals surface area (Å²) in [7, 11) is 0. The minimum absolute atomic E-state index is 0.566. The van der Waals surface area contributed by atoms with E-state index in [2.05, 4.69) is 4.98 Å². The first-order valence-electron chi connectivity index (χ1n) is 6.63. The zero-order chi connectivity index (χ0) is 14.8. The molecule has 0 amide bonds. The van der Waals surface area contributed by atoms with Crippen molar-refractivity contribution < 1.29 is 8.78 Å². The molecule has 0 aliphatic rings. The van der Waals surface area contributed by atoms with Crippen molar-refractivity contribution in [1.29, 1.82) is 0 Å². The molecule has 0 bridgehead atoms. The van der Waals surface area contributed by atoms with Crippen molar-refractivity contribution in [2.45, 2.75) is 6.92 Å². The van der Waals surface area contributed by atoms with Gasteiger partial charge in [0.25, 0.3) is 0 Å². The Hall–Kier alpha value is -2.55. The first kappa shape index (κ1) is 13.4. The quantitative estimate of drug-likeness (QED) is 0.644. The molecule has 3 aromatic rings. The van der Waals surface area contributed by atoms with Gasteiger partial charge in [0, 0.05) is 17.3 Å². The van der Waals surface area contributed by atoms with Crippen molar-refractivity contribution in [3.8, 4) is 22.4 Å². The van der Waals surface area contributed by atoms with Gasteiger partial charge in [-0.15, -0.1) is 0 Å². The van der Waals surface area contributed by atoms with Crippen molar-refractivity contribution in [1.82, 2.24) is 4.98 Å². The highest BCUT2D eigenvalue weighted by molar-refractivity contribution is 5.82. The van der Waals surface area contributed by atoms with E-state index in [1.54, 1.807) is 12.3 Å². The smallest absolute Gasteiger partial charge is 0.159 e. The van der Waals surface area contributed by atoms with Crippen molar-refractivity contribution in [2.75, 3.05) is 0 Å². The molecule has 21 heavy (non-hydrogen) atoms. The normalized spacial score (nSPS) is 10.6. The second kappa shape index (κ2) is 5.44. The number of hydrogen-bond donors (Lipinski definition) is 0. The maximum Gasteiger partial charge on any atom is 0.159 e. The van der Waals surface area contributed by atoms with Crippen LogP contribution in [0, 0.1) is 18.6 Å². The largest absolute Gasteiger partial charge is 0.256 e. The average Bonchev–Trinajstić information content (AvgIpc) is 2.50. The van der Waals surface area contributed by atoms with Crippen molar-refractivity contribution in [3.63, 3.8) is 0 Å². The van der Waals surface area contributed by atoms with Crippen LogP contribution < -0.4 is 0 Å². The third kappa shape index (κ3) is 2.55. The predicted molar refractivity (Wildman–Crippen MR) is 79.8 cm³/mol. The maximum atomic E-state index is 13.5. The molecule has 3 rings (SSSR count). The number of aromatic nitrogens is 1. The van der Waals surface area contributed by atoms with Crippen LogP contribution in [0.1, 0.15) is 5.56 Å². The Kier molecular flexibility index (Phi) is 3.48. The van der Waals surface area contributed by atoms with E-state index in [0.29, 0.717) is 11.3 Å². The van der Waals surface area contributed by atoms with Crippen LogP contribution >= 0.6 is 0 Å². The molecule has 1 heterocycles. The first-order chi connectivity index (χ1) is 10.2. The first-order valence-corrected chi connectivity index (χ1v) is 6.63. The van der Waals surface area contributed by atoms with Gasteiger partial charge in [0.2, 0.25) is 0 Å². The van der Waals surface area contributed by atoms with Crippen molar-refractivity contribution in [3.05, 3.63) is 78.0 Å². The topological polar surface area (TPSA) is 12.9 Å². The van der Waals surface area contributed by atoms with Gasteiger partial charge >= 0.3 is 0 Å². The number of halogens is 2. The summed E-state index contributed by atoms with van der Waals surface area (Å²) < 4.78 is 26.6. The van der Waals surface area contributed by atoms with E-state index in [4.69, 9.17) is 0 Å². The molecule has 0 N–H and O–H groups in total. The van der Waals surface area contributed by atoms with E-state index in [1.165, 1.54) is 6.07 Å². The summed E-state index contributed by atoms with van der Waals surface area (Å²) in [5, 5.41) is 0. The third-order valence-electron chi connectivity index (χ3n) is 3.41. The lowest BCUT2D eigenvalue weighted by molar-refractivity contribution is 0.509. The second-order valence-corrected chi connectivity index (χ2v) is 4.85. The highest BCUT2D eigenvalue weighted by Gasteiger charge is 2.13. The molecular weight excluding hydrogens is 268 g/mol. The van der Waals surface area contributed by atoms with E-state index >= 15 is 0 Å². The molecular formula is C18H13F2N. The van der Waals surface area contributed by atoms with Gasteiger partial charge < -0.3 is 0 Å². The summed E-state index contributed by atoms with van der Waals surface area (Å²) in [5.74, 6) is -1.72. The fourth-order valence-electron chi connectivity index (χ4n) is 2.39. The number of benzene rings is 2. The summed E-state index contributed by atoms with van der Waals surface area (Å²) in [5.41, 5.74) is 4.19. The van der Waals surface area contributed by atoms with Crippen LogP contribution in [0.3, 0.4) is 0 Å². The predicted octanol–water partition coefficient (Wildman–Crippen LogP) is 5.00. The molecule has 0 saturated heterocycles. The molecule has 3 heteroatoms. The van der Waals surface area contributed by atoms with Gasteiger partial charge in [-0.2, -0.15) is 0 Å². The summed E-state index contributed by atoms with van der Waals surface area (Å²) in [6.45, 7) is 1.98. The van der Waals surface area contributed by atoms with Crippen LogP contribution in [-0.4, -0.2) is 4.98 Å². The van der Waals surface area contributed by atoms with Crippen LogP contribution in [0.5, 0.6) is 0 Å². The number of pyridine rings is 1. The Bertz CT molecular complexity index is 782. The minimum Gasteiger partial charge on any atom is -0.256 e. The molecule has 1 nitrogen and oxygen atoms in total. The number of nitrogens with zero attached hydrogens (tertiary/aromatic N) is 1. The summed E-state index contributed by atoms with van der Waals surface area (Å²) in [4.78, 5) is 4.37. The second-order valence-electron chi connectivity index (χ2n) is 4.85. The van der Waals surface area contributed by atoms with Crippen molar-refractivity contribution >= 4 is 0 Å². The molecule has 0 atom stereocenters. The van der Waals surface area contributed by atoms with Crippen LogP contribution in [0.2, 0.25) is 0 Å². The van der Waals surface area contributed by atoms with Gasteiger partial charge in [-0.05, 0) is 42.3 Å². The monoisotopic (exact) mass is 281 g/mol. The molecule has 0 fully saturated rings. The lowest BCUT2D eigenvalue weighted by atomic mass is 9.95. The van der Waals surface area contributed by atoms with Crippen LogP contribution in [0.25, 0.3) is 22.4 Å². The molecule has 1 aromatic heterocycles. The molecule has 104 valence electrons. The molecule has 0 spiro atoms. The average molecular weight is 281 g/mol. The Balaban J connectivity index is 2.24. The van der Waals surface area contributed by atoms with E-state index in [9.17, 15) is 8.78 Å². The summed E-state index contributed by atoms with van der Waals surface area (Å²) >= 11 is 0. The highest BCUT2D eigenvalue weighted by atomic mass is 19.2. The highest BCUT2D eigenvalue weighted by Crippen LogP contribution is 2.33. The third-order valence-corrected chi connectivity index (χ3v) is 3.41. The Morgan fingerprint density at radius 3 is 2.29 bits per heavy atom. The van der Waals surface area contributed by atoms with E-state index in [0.717, 1.165) is 22.8 Å². The lowest BCUT2D eigenvalue weighted by Gasteiger charge is -2.12. The fourth-order valence-corrected chi connectivity index (χ4v) is 2.39. The Labute approximate surface area is 121 Å². The Morgan fingerprint density at radius 2 is 1.57 bits per heavy atom. The van der Waals surface area contributed by atoms with Crippen LogP contribution in [-0.2, 0) is 0 Å². The van der Waals surface area contributed by atoms with Gasteiger partial charge in [-0.25, -0.2) is 8.78 Å². The number of rotatable bonds is 2. The molecule has 0 aliphatic carbocycles. The standard InChI is InChI=1S/C18H13F2N/c1-12-9-10-21-18(14-7-8-15(19)16(20)11-14)17(12)13-5-3-2-4-6-13/h2-11H,1H3. The van der Waals surface area contributed by atoms with E-state index < -0.39 is 11.6 Å². The van der Waals surface area contributed by atoms with Crippen molar-refractivity contribution in [2.24, 2.45) is 0 Å². The van der Waals surface area contributed by atoms with Crippen LogP contribution in [0.4, 0.5) is 8.78 Å². The van der Waals surface area contributed by atoms with Gasteiger partial charge in [0.1, 0.15) is 0 Å². The van der Waals surface area contributed by atoms with Gasteiger partial charge in [0.05, 0.1) is 5.69 Å². The molecule has 0 aliphatic heterocycles. The summed E-state index contributed by atoms with van der Waals surface area (Å²) in [6.07, 6.45) is 1.68. The molecule has 0 unspecified atom stereocenters. The molecule has 0 saturated carbocycles. The molecule has 0 radical (unpaired) electrons. The maximum absolute atomic E-state index is 13.5. The Morgan fingerprint density at radius 1 is 0.810 bits per heavy atom. The number of aryl methyl sites for hydroxylation is 1. The number of hydrogen-bond acceptors (Lipinski definition) is 1. The zero-order valence-electron chi connectivity index (χ0n) is 11.5.